The van der Waals surface area contributed by atoms with Gasteiger partial charge >= 0.3 is 0 Å². The molecule has 0 bridgehead atoms. The van der Waals surface area contributed by atoms with Crippen molar-refractivity contribution in [3.05, 3.63) is 48.5 Å². The molecule has 23 heavy (non-hydrogen) atoms. The highest BCUT2D eigenvalue weighted by Gasteiger charge is 2.13. The third-order valence-electron chi connectivity index (χ3n) is 3.48. The minimum atomic E-state index is -3.73. The van der Waals surface area contributed by atoms with E-state index in [0.717, 1.165) is 10.9 Å². The molecule has 3 N–H and O–H groups in total. The number of nitrogens with two attached hydrogens (primary N) is 1. The molecule has 1 heterocycles. The lowest BCUT2D eigenvalue weighted by atomic mass is 10.2. The summed E-state index contributed by atoms with van der Waals surface area (Å²) in [5.41, 5.74) is 1.65. The summed E-state index contributed by atoms with van der Waals surface area (Å²) in [5, 5.41) is 24.1. The molecule has 2 aromatic carbocycles. The molecule has 7 nitrogen and oxygen atoms in total. The van der Waals surface area contributed by atoms with E-state index in [1.54, 1.807) is 11.6 Å². The van der Waals surface area contributed by atoms with E-state index < -0.39 is 10.0 Å². The largest absolute Gasteiger partial charge is 0.493 e. The highest BCUT2D eigenvalue weighted by Crippen LogP contribution is 2.38. The van der Waals surface area contributed by atoms with Crippen LogP contribution in [0.2, 0.25) is 0 Å². The van der Waals surface area contributed by atoms with Crippen molar-refractivity contribution >= 4 is 32.3 Å². The molecular formula is C15H14N4O3S. The van der Waals surface area contributed by atoms with Gasteiger partial charge in [-0.2, -0.15) is 5.11 Å². The summed E-state index contributed by atoms with van der Waals surface area (Å²) in [6.45, 7) is 0. The van der Waals surface area contributed by atoms with Gasteiger partial charge in [0.2, 0.25) is 15.9 Å². The molecule has 0 atom stereocenters. The zero-order chi connectivity index (χ0) is 16.6. The van der Waals surface area contributed by atoms with E-state index in [1.807, 2.05) is 24.3 Å². The molecule has 0 radical (unpaired) electrons. The molecular weight excluding hydrogens is 316 g/mol. The molecule has 1 aromatic heterocycles. The third-order valence-corrected chi connectivity index (χ3v) is 4.41. The summed E-state index contributed by atoms with van der Waals surface area (Å²) in [6.07, 6.45) is 0. The number of para-hydroxylation sites is 1. The standard InChI is InChI=1S/C15H14N4O3S/c1-19-13-5-3-2-4-12(13)14(15(19)20)18-17-10-6-8-11(9-7-10)23(16,21)22/h2-9,20H,1H3,(H2,16,21,22). The quantitative estimate of drug-likeness (QED) is 0.720. The molecule has 0 unspecified atom stereocenters. The lowest BCUT2D eigenvalue weighted by Gasteiger charge is -1.98. The van der Waals surface area contributed by atoms with E-state index in [0.29, 0.717) is 11.4 Å². The predicted molar refractivity (Wildman–Crippen MR) is 86.6 cm³/mol. The number of hydrogen-bond donors (Lipinski definition) is 2. The van der Waals surface area contributed by atoms with Gasteiger partial charge in [0.25, 0.3) is 0 Å². The first-order valence-electron chi connectivity index (χ1n) is 6.69. The molecule has 0 amide bonds. The lowest BCUT2D eigenvalue weighted by molar-refractivity contribution is 0.436. The first kappa shape index (κ1) is 15.2. The number of sulfonamides is 1. The average Bonchev–Trinajstić information content (AvgIpc) is 2.77. The smallest absolute Gasteiger partial charge is 0.238 e. The van der Waals surface area contributed by atoms with Crippen LogP contribution in [0.3, 0.4) is 0 Å². The van der Waals surface area contributed by atoms with Crippen LogP contribution >= 0.6 is 0 Å². The van der Waals surface area contributed by atoms with Crippen molar-refractivity contribution in [2.24, 2.45) is 22.4 Å². The van der Waals surface area contributed by atoms with Crippen LogP contribution in [0, 0.1) is 0 Å². The Labute approximate surface area is 132 Å². The van der Waals surface area contributed by atoms with E-state index in [-0.39, 0.29) is 10.8 Å². The van der Waals surface area contributed by atoms with Gasteiger partial charge in [0.05, 0.1) is 16.1 Å². The molecule has 118 valence electrons. The van der Waals surface area contributed by atoms with Crippen molar-refractivity contribution in [1.82, 2.24) is 4.57 Å². The first-order valence-corrected chi connectivity index (χ1v) is 8.23. The van der Waals surface area contributed by atoms with Crippen LogP contribution in [0.25, 0.3) is 10.9 Å². The lowest BCUT2D eigenvalue weighted by Crippen LogP contribution is -2.11. The molecule has 0 saturated heterocycles. The monoisotopic (exact) mass is 330 g/mol. The van der Waals surface area contributed by atoms with Gasteiger partial charge in [-0.3, -0.25) is 0 Å². The third kappa shape index (κ3) is 2.81. The Hall–Kier alpha value is -2.71. The van der Waals surface area contributed by atoms with E-state index in [2.05, 4.69) is 10.2 Å². The fourth-order valence-corrected chi connectivity index (χ4v) is 2.78. The summed E-state index contributed by atoms with van der Waals surface area (Å²) >= 11 is 0. The van der Waals surface area contributed by atoms with Crippen LogP contribution in [0.1, 0.15) is 0 Å². The van der Waals surface area contributed by atoms with Crippen molar-refractivity contribution in [2.75, 3.05) is 0 Å². The Balaban J connectivity index is 1.99. The molecule has 0 fully saturated rings. The number of benzene rings is 2. The minimum absolute atomic E-state index is 0.00413. The maximum Gasteiger partial charge on any atom is 0.238 e. The van der Waals surface area contributed by atoms with E-state index in [9.17, 15) is 13.5 Å². The van der Waals surface area contributed by atoms with Crippen LogP contribution in [0.5, 0.6) is 5.88 Å². The summed E-state index contributed by atoms with van der Waals surface area (Å²) in [4.78, 5) is 0.00413. The number of primary sulfonamides is 1. The van der Waals surface area contributed by atoms with Crippen LogP contribution < -0.4 is 5.14 Å². The van der Waals surface area contributed by atoms with Gasteiger partial charge in [0.15, 0.2) is 5.69 Å². The minimum Gasteiger partial charge on any atom is -0.493 e. The van der Waals surface area contributed by atoms with E-state index >= 15 is 0 Å². The van der Waals surface area contributed by atoms with Crippen molar-refractivity contribution < 1.29 is 13.5 Å². The SMILES string of the molecule is Cn1c(O)c(N=Nc2ccc(S(N)(=O)=O)cc2)c2ccccc21. The second-order valence-corrected chi connectivity index (χ2v) is 6.55. The van der Waals surface area contributed by atoms with Crippen molar-refractivity contribution in [3.8, 4) is 5.88 Å². The highest BCUT2D eigenvalue weighted by atomic mass is 32.2. The number of aryl methyl sites for hydroxylation is 1. The Morgan fingerprint density at radius 3 is 2.35 bits per heavy atom. The van der Waals surface area contributed by atoms with Gasteiger partial charge in [0.1, 0.15) is 0 Å². The van der Waals surface area contributed by atoms with E-state index in [4.69, 9.17) is 5.14 Å². The topological polar surface area (TPSA) is 110 Å². The number of fused-ring (bicyclic) bond motifs is 1. The summed E-state index contributed by atoms with van der Waals surface area (Å²) in [6, 6.07) is 13.1. The second-order valence-electron chi connectivity index (χ2n) is 4.99. The van der Waals surface area contributed by atoms with Crippen LogP contribution in [0.4, 0.5) is 11.4 Å². The molecule has 8 heteroatoms. The van der Waals surface area contributed by atoms with Gasteiger partial charge in [0, 0.05) is 12.4 Å². The normalized spacial score (nSPS) is 12.3. The molecule has 0 saturated carbocycles. The van der Waals surface area contributed by atoms with Crippen molar-refractivity contribution in [1.29, 1.82) is 0 Å². The first-order chi connectivity index (χ1) is 10.9. The van der Waals surface area contributed by atoms with Gasteiger partial charge in [-0.15, -0.1) is 5.11 Å². The molecule has 0 spiro atoms. The summed E-state index contributed by atoms with van der Waals surface area (Å²) in [7, 11) is -2.00. The zero-order valence-electron chi connectivity index (χ0n) is 12.2. The number of aromatic hydroxyl groups is 1. The average molecular weight is 330 g/mol. The number of aromatic nitrogens is 1. The van der Waals surface area contributed by atoms with Crippen molar-refractivity contribution in [3.63, 3.8) is 0 Å². The van der Waals surface area contributed by atoms with Gasteiger partial charge in [-0.25, -0.2) is 13.6 Å². The summed E-state index contributed by atoms with van der Waals surface area (Å²) < 4.78 is 24.0. The number of rotatable bonds is 3. The van der Waals surface area contributed by atoms with Gasteiger partial charge in [-0.05, 0) is 30.3 Å². The van der Waals surface area contributed by atoms with Crippen molar-refractivity contribution in [2.45, 2.75) is 4.90 Å². The number of azo groups is 1. The molecule has 3 rings (SSSR count). The van der Waals surface area contributed by atoms with Gasteiger partial charge in [-0.1, -0.05) is 18.2 Å². The van der Waals surface area contributed by atoms with Crippen LogP contribution in [-0.4, -0.2) is 18.1 Å². The highest BCUT2D eigenvalue weighted by molar-refractivity contribution is 7.89. The summed E-state index contributed by atoms with van der Waals surface area (Å²) in [5.74, 6) is 0.0103. The Morgan fingerprint density at radius 2 is 1.70 bits per heavy atom. The van der Waals surface area contributed by atoms with Crippen LogP contribution in [-0.2, 0) is 17.1 Å². The fraction of sp³-hybridized carbons (Fsp3) is 0.0667. The van der Waals surface area contributed by atoms with Crippen LogP contribution in [0.15, 0.2) is 63.7 Å². The molecule has 0 aliphatic carbocycles. The molecule has 0 aliphatic rings. The fourth-order valence-electron chi connectivity index (χ4n) is 2.27. The Kier molecular flexibility index (Phi) is 3.63. The molecule has 3 aromatic rings. The number of nitrogens with zero attached hydrogens (tertiary/aromatic N) is 3. The van der Waals surface area contributed by atoms with Gasteiger partial charge < -0.3 is 9.67 Å². The Morgan fingerprint density at radius 1 is 1.04 bits per heavy atom. The number of hydrogen-bond acceptors (Lipinski definition) is 5. The second kappa shape index (κ2) is 5.49. The zero-order valence-corrected chi connectivity index (χ0v) is 13.0. The maximum absolute atomic E-state index is 11.2. The predicted octanol–water partition coefficient (Wildman–Crippen LogP) is 2.95. The van der Waals surface area contributed by atoms with E-state index in [1.165, 1.54) is 24.3 Å². The Bertz CT molecular complexity index is 1010. The maximum atomic E-state index is 11.2. The molecule has 0 aliphatic heterocycles.